The van der Waals surface area contributed by atoms with Gasteiger partial charge in [-0.2, -0.15) is 5.10 Å². The topological polar surface area (TPSA) is 96.3 Å². The summed E-state index contributed by atoms with van der Waals surface area (Å²) in [6, 6.07) is 5.81. The smallest absolute Gasteiger partial charge is 0.253 e. The van der Waals surface area contributed by atoms with Crippen LogP contribution in [0, 0.1) is 5.92 Å². The number of fused-ring (bicyclic) bond motifs is 1. The van der Waals surface area contributed by atoms with E-state index in [9.17, 15) is 13.2 Å². The number of piperidine rings is 1. The first-order valence-corrected chi connectivity index (χ1v) is 12.0. The van der Waals surface area contributed by atoms with Crippen LogP contribution < -0.4 is 10.0 Å². The summed E-state index contributed by atoms with van der Waals surface area (Å²) >= 11 is 0. The van der Waals surface area contributed by atoms with Gasteiger partial charge in [-0.15, -0.1) is 0 Å². The number of benzene rings is 1. The summed E-state index contributed by atoms with van der Waals surface area (Å²) in [6.45, 7) is 6.75. The monoisotopic (exact) mass is 431 g/mol. The van der Waals surface area contributed by atoms with Crippen LogP contribution in [0.25, 0.3) is 10.9 Å². The van der Waals surface area contributed by atoms with Crippen molar-refractivity contribution in [2.75, 3.05) is 32.7 Å². The van der Waals surface area contributed by atoms with E-state index < -0.39 is 10.0 Å². The molecule has 30 heavy (non-hydrogen) atoms. The number of carbonyl (C=O) groups is 1. The van der Waals surface area contributed by atoms with E-state index in [0.717, 1.165) is 54.4 Å². The van der Waals surface area contributed by atoms with Gasteiger partial charge in [0.2, 0.25) is 10.0 Å². The zero-order valence-corrected chi connectivity index (χ0v) is 18.1. The van der Waals surface area contributed by atoms with Crippen LogP contribution in [0.4, 0.5) is 0 Å². The third kappa shape index (κ3) is 4.28. The van der Waals surface area contributed by atoms with Gasteiger partial charge in [0.15, 0.2) is 0 Å². The Morgan fingerprint density at radius 2 is 2.23 bits per heavy atom. The van der Waals surface area contributed by atoms with Crippen molar-refractivity contribution in [3.05, 3.63) is 41.4 Å². The van der Waals surface area contributed by atoms with Crippen LogP contribution in [-0.2, 0) is 17.1 Å². The van der Waals surface area contributed by atoms with E-state index in [1.807, 2.05) is 34.8 Å². The molecule has 1 amide bonds. The maximum atomic E-state index is 13.1. The molecule has 9 heteroatoms. The minimum atomic E-state index is -3.44. The lowest BCUT2D eigenvalue weighted by Gasteiger charge is -2.21. The van der Waals surface area contributed by atoms with Crippen LogP contribution >= 0.6 is 0 Å². The van der Waals surface area contributed by atoms with Gasteiger partial charge in [0.25, 0.3) is 5.91 Å². The lowest BCUT2D eigenvalue weighted by Crippen LogP contribution is -2.32. The molecule has 2 aromatic rings. The number of aromatic nitrogens is 2. The largest absolute Gasteiger partial charge is 0.338 e. The molecule has 2 aliphatic rings. The number of hydrogen-bond donors (Lipinski definition) is 2. The van der Waals surface area contributed by atoms with Gasteiger partial charge in [0.1, 0.15) is 0 Å². The second-order valence-corrected chi connectivity index (χ2v) is 9.96. The number of rotatable bonds is 6. The predicted molar refractivity (Wildman–Crippen MR) is 117 cm³/mol. The van der Waals surface area contributed by atoms with Gasteiger partial charge in [0.05, 0.1) is 11.2 Å². The molecule has 0 radical (unpaired) electrons. The van der Waals surface area contributed by atoms with Crippen molar-refractivity contribution >= 4 is 26.8 Å². The normalized spacial score (nSPS) is 22.5. The Bertz CT molecular complexity index is 1060. The first-order valence-electron chi connectivity index (χ1n) is 10.5. The van der Waals surface area contributed by atoms with Crippen LogP contribution in [0.3, 0.4) is 0 Å². The molecule has 0 saturated carbocycles. The van der Waals surface area contributed by atoms with E-state index >= 15 is 0 Å². The van der Waals surface area contributed by atoms with E-state index in [4.69, 9.17) is 5.10 Å². The molecular weight excluding hydrogens is 402 g/mol. The summed E-state index contributed by atoms with van der Waals surface area (Å²) in [5.74, 6) is 0.457. The molecule has 0 spiro atoms. The molecule has 8 nitrogen and oxygen atoms in total. The van der Waals surface area contributed by atoms with Crippen molar-refractivity contribution in [2.24, 2.45) is 13.0 Å². The van der Waals surface area contributed by atoms with Gasteiger partial charge >= 0.3 is 0 Å². The molecule has 0 aliphatic carbocycles. The van der Waals surface area contributed by atoms with Crippen LogP contribution in [0.1, 0.15) is 41.2 Å². The number of nitrogens with zero attached hydrogens (tertiary/aromatic N) is 3. The zero-order chi connectivity index (χ0) is 21.3. The van der Waals surface area contributed by atoms with Crippen LogP contribution in [0.5, 0.6) is 0 Å². The van der Waals surface area contributed by atoms with Crippen LogP contribution in [0.15, 0.2) is 30.2 Å². The minimum absolute atomic E-state index is 0.0115. The van der Waals surface area contributed by atoms with Gasteiger partial charge < -0.3 is 10.2 Å². The maximum Gasteiger partial charge on any atom is 0.253 e. The summed E-state index contributed by atoms with van der Waals surface area (Å²) in [6.07, 6.45) is 3.01. The predicted octanol–water partition coefficient (Wildman–Crippen LogP) is 1.57. The second kappa shape index (κ2) is 8.49. The summed E-state index contributed by atoms with van der Waals surface area (Å²) < 4.78 is 27.5. The van der Waals surface area contributed by atoms with E-state index in [-0.39, 0.29) is 11.8 Å². The van der Waals surface area contributed by atoms with Crippen molar-refractivity contribution in [1.82, 2.24) is 24.7 Å². The molecule has 2 unspecified atom stereocenters. The summed E-state index contributed by atoms with van der Waals surface area (Å²) in [5.41, 5.74) is 2.76. The molecule has 4 rings (SSSR count). The quantitative estimate of drug-likeness (QED) is 0.724. The highest BCUT2D eigenvalue weighted by atomic mass is 32.2. The number of aryl methyl sites for hydroxylation is 1. The van der Waals surface area contributed by atoms with Crippen molar-refractivity contribution in [1.29, 1.82) is 0 Å². The standard InChI is InChI=1S/C21H29N5O3S/c1-3-30(28,29)23-12-15-8-10-26(14-15)21(27)16-6-7-19-18(11-16)20(24-25(19)2)17-5-4-9-22-13-17/h3,6-7,11,15,17,22-23H,1,4-5,8-10,12-14H2,2H3. The second-order valence-electron chi connectivity index (χ2n) is 8.25. The lowest BCUT2D eigenvalue weighted by atomic mass is 9.93. The average Bonchev–Trinajstić information content (AvgIpc) is 3.37. The van der Waals surface area contributed by atoms with Crippen LogP contribution in [-0.4, -0.2) is 61.7 Å². The Hall–Kier alpha value is -2.23. The van der Waals surface area contributed by atoms with Gasteiger partial charge in [-0.3, -0.25) is 9.48 Å². The molecule has 2 N–H and O–H groups in total. The van der Waals surface area contributed by atoms with Crippen LogP contribution in [0.2, 0.25) is 0 Å². The molecule has 1 aromatic heterocycles. The minimum Gasteiger partial charge on any atom is -0.338 e. The van der Waals surface area contributed by atoms with Gasteiger partial charge in [-0.1, -0.05) is 6.58 Å². The van der Waals surface area contributed by atoms with Crippen molar-refractivity contribution in [3.8, 4) is 0 Å². The molecule has 2 atom stereocenters. The highest BCUT2D eigenvalue weighted by Gasteiger charge is 2.28. The third-order valence-electron chi connectivity index (χ3n) is 6.18. The Balaban J connectivity index is 1.50. The van der Waals surface area contributed by atoms with Crippen molar-refractivity contribution in [3.63, 3.8) is 0 Å². The number of sulfonamides is 1. The lowest BCUT2D eigenvalue weighted by molar-refractivity contribution is 0.0787. The molecule has 2 fully saturated rings. The summed E-state index contributed by atoms with van der Waals surface area (Å²) in [4.78, 5) is 14.9. The van der Waals surface area contributed by atoms with E-state index in [1.54, 1.807) is 0 Å². The summed E-state index contributed by atoms with van der Waals surface area (Å²) in [7, 11) is -1.49. The molecule has 3 heterocycles. The fourth-order valence-electron chi connectivity index (χ4n) is 4.47. The maximum absolute atomic E-state index is 13.1. The van der Waals surface area contributed by atoms with Gasteiger partial charge in [0, 0.05) is 55.5 Å². The number of hydrogen-bond acceptors (Lipinski definition) is 5. The van der Waals surface area contributed by atoms with E-state index in [1.165, 1.54) is 0 Å². The summed E-state index contributed by atoms with van der Waals surface area (Å²) in [5, 5.41) is 10.2. The highest BCUT2D eigenvalue weighted by molar-refractivity contribution is 7.92. The number of carbonyl (C=O) groups excluding carboxylic acids is 1. The first-order chi connectivity index (χ1) is 14.4. The van der Waals surface area contributed by atoms with Crippen molar-refractivity contribution in [2.45, 2.75) is 25.2 Å². The highest BCUT2D eigenvalue weighted by Crippen LogP contribution is 2.30. The van der Waals surface area contributed by atoms with E-state index in [2.05, 4.69) is 16.6 Å². The molecule has 2 aliphatic heterocycles. The number of likely N-dealkylation sites (tertiary alicyclic amines) is 1. The molecular formula is C21H29N5O3S. The number of nitrogens with one attached hydrogen (secondary N) is 2. The Kier molecular flexibility index (Phi) is 5.95. The Morgan fingerprint density at radius 3 is 2.97 bits per heavy atom. The van der Waals surface area contributed by atoms with Crippen molar-refractivity contribution < 1.29 is 13.2 Å². The third-order valence-corrected chi connectivity index (χ3v) is 7.18. The fourth-order valence-corrected chi connectivity index (χ4v) is 5.06. The van der Waals surface area contributed by atoms with Gasteiger partial charge in [-0.25, -0.2) is 13.1 Å². The fraction of sp³-hybridized carbons (Fsp3) is 0.524. The average molecular weight is 432 g/mol. The molecule has 162 valence electrons. The number of amides is 1. The molecule has 1 aromatic carbocycles. The zero-order valence-electron chi connectivity index (χ0n) is 17.3. The van der Waals surface area contributed by atoms with Gasteiger partial charge in [-0.05, 0) is 49.9 Å². The SMILES string of the molecule is C=CS(=O)(=O)NCC1CCN(C(=O)c2ccc3c(c2)c(C2CCCNC2)nn3C)C1. The Labute approximate surface area is 177 Å². The Morgan fingerprint density at radius 1 is 1.40 bits per heavy atom. The van der Waals surface area contributed by atoms with E-state index in [0.29, 0.717) is 31.1 Å². The molecule has 0 bridgehead atoms. The first kappa shape index (κ1) is 21.0. The molecule has 2 saturated heterocycles.